The normalized spacial score (nSPS) is 23.7. The minimum absolute atomic E-state index is 0.172. The Morgan fingerprint density at radius 2 is 2.19 bits per heavy atom. The summed E-state index contributed by atoms with van der Waals surface area (Å²) in [5.41, 5.74) is 1.04. The van der Waals surface area contributed by atoms with Gasteiger partial charge in [0, 0.05) is 31.7 Å². The zero-order valence-electron chi connectivity index (χ0n) is 13.2. The fraction of sp³-hybridized carbons (Fsp3) is 0.647. The lowest BCUT2D eigenvalue weighted by molar-refractivity contribution is 0.0882. The Kier molecular flexibility index (Phi) is 6.20. The van der Waals surface area contributed by atoms with E-state index in [-0.39, 0.29) is 5.82 Å². The summed E-state index contributed by atoms with van der Waals surface area (Å²) in [6, 6.07) is 6.38. The molecular weight excluding hydrogens is 331 g/mol. The maximum Gasteiger partial charge on any atom is 0.137 e. The Morgan fingerprint density at radius 1 is 1.43 bits per heavy atom. The molecule has 21 heavy (non-hydrogen) atoms. The van der Waals surface area contributed by atoms with Crippen LogP contribution < -0.4 is 5.32 Å². The van der Waals surface area contributed by atoms with Crippen molar-refractivity contribution in [3.63, 3.8) is 0 Å². The van der Waals surface area contributed by atoms with Crippen LogP contribution in [0.5, 0.6) is 0 Å². The second-order valence-corrected chi connectivity index (χ2v) is 7.14. The van der Waals surface area contributed by atoms with Crippen LogP contribution in [0, 0.1) is 11.7 Å². The van der Waals surface area contributed by atoms with Crippen molar-refractivity contribution in [2.24, 2.45) is 5.92 Å². The lowest BCUT2D eigenvalue weighted by atomic mass is 9.96. The predicted molar refractivity (Wildman–Crippen MR) is 89.8 cm³/mol. The summed E-state index contributed by atoms with van der Waals surface area (Å²) in [6.07, 6.45) is 2.40. The second kappa shape index (κ2) is 7.70. The number of nitrogens with zero attached hydrogens (tertiary/aromatic N) is 1. The number of piperazine rings is 1. The van der Waals surface area contributed by atoms with Crippen LogP contribution >= 0.6 is 15.9 Å². The van der Waals surface area contributed by atoms with E-state index >= 15 is 0 Å². The summed E-state index contributed by atoms with van der Waals surface area (Å²) in [6.45, 7) is 9.63. The Labute approximate surface area is 136 Å². The third kappa shape index (κ3) is 4.27. The highest BCUT2D eigenvalue weighted by Gasteiger charge is 2.29. The molecule has 0 bridgehead atoms. The van der Waals surface area contributed by atoms with E-state index in [0.717, 1.165) is 25.2 Å². The van der Waals surface area contributed by atoms with Crippen molar-refractivity contribution >= 4 is 15.9 Å². The van der Waals surface area contributed by atoms with Gasteiger partial charge in [-0.15, -0.1) is 0 Å². The van der Waals surface area contributed by atoms with Crippen molar-refractivity contribution in [3.05, 3.63) is 34.1 Å². The summed E-state index contributed by atoms with van der Waals surface area (Å²) >= 11 is 3.39. The molecular formula is C17H26BrFN2. The maximum atomic E-state index is 13.7. The first-order valence-electron chi connectivity index (χ1n) is 7.93. The standard InChI is InChI=1S/C17H26BrFN2/c1-4-6-14-11-21(16(9-20-14)12(2)3)10-13-7-5-8-15(19)17(13)18/h5,7-8,12,14,16,20H,4,6,9-11H2,1-3H3. The average Bonchev–Trinajstić information content (AvgIpc) is 2.44. The fourth-order valence-electron chi connectivity index (χ4n) is 3.17. The van der Waals surface area contributed by atoms with Crippen molar-refractivity contribution in [2.75, 3.05) is 13.1 Å². The zero-order valence-corrected chi connectivity index (χ0v) is 14.8. The Balaban J connectivity index is 2.14. The highest BCUT2D eigenvalue weighted by molar-refractivity contribution is 9.10. The molecule has 2 unspecified atom stereocenters. The van der Waals surface area contributed by atoms with Crippen LogP contribution in [0.15, 0.2) is 22.7 Å². The van der Waals surface area contributed by atoms with Crippen molar-refractivity contribution < 1.29 is 4.39 Å². The summed E-state index contributed by atoms with van der Waals surface area (Å²) in [7, 11) is 0. The molecule has 2 nitrogen and oxygen atoms in total. The molecule has 2 atom stereocenters. The van der Waals surface area contributed by atoms with E-state index in [1.807, 2.05) is 6.07 Å². The first kappa shape index (κ1) is 16.9. The Morgan fingerprint density at radius 3 is 2.86 bits per heavy atom. The summed E-state index contributed by atoms with van der Waals surface area (Å²) in [5, 5.41) is 3.67. The number of nitrogens with one attached hydrogen (secondary N) is 1. The van der Waals surface area contributed by atoms with E-state index in [9.17, 15) is 4.39 Å². The first-order valence-corrected chi connectivity index (χ1v) is 8.72. The van der Waals surface area contributed by atoms with E-state index in [1.54, 1.807) is 6.07 Å². The van der Waals surface area contributed by atoms with Crippen LogP contribution in [0.1, 0.15) is 39.2 Å². The molecule has 0 amide bonds. The molecule has 118 valence electrons. The SMILES string of the molecule is CCCC1CN(Cc2cccc(F)c2Br)C(C(C)C)CN1. The first-order chi connectivity index (χ1) is 10.0. The fourth-order valence-corrected chi connectivity index (χ4v) is 3.56. The van der Waals surface area contributed by atoms with Gasteiger partial charge >= 0.3 is 0 Å². The largest absolute Gasteiger partial charge is 0.311 e. The molecule has 1 aliphatic heterocycles. The molecule has 0 aliphatic carbocycles. The minimum atomic E-state index is -0.172. The molecule has 1 heterocycles. The van der Waals surface area contributed by atoms with Crippen LogP contribution in [-0.4, -0.2) is 30.1 Å². The number of rotatable bonds is 5. The van der Waals surface area contributed by atoms with E-state index in [1.165, 1.54) is 18.9 Å². The smallest absolute Gasteiger partial charge is 0.137 e. The molecule has 1 aromatic rings. The van der Waals surface area contributed by atoms with E-state index in [4.69, 9.17) is 0 Å². The Hall–Kier alpha value is -0.450. The highest BCUT2D eigenvalue weighted by atomic mass is 79.9. The third-order valence-electron chi connectivity index (χ3n) is 4.35. The molecule has 1 N–H and O–H groups in total. The summed E-state index contributed by atoms with van der Waals surface area (Å²) in [4.78, 5) is 2.51. The van der Waals surface area contributed by atoms with Gasteiger partial charge in [-0.3, -0.25) is 4.90 Å². The highest BCUT2D eigenvalue weighted by Crippen LogP contribution is 2.25. The van der Waals surface area contributed by atoms with Crippen LogP contribution in [0.2, 0.25) is 0 Å². The van der Waals surface area contributed by atoms with Gasteiger partial charge in [-0.2, -0.15) is 0 Å². The molecule has 1 aliphatic rings. The quantitative estimate of drug-likeness (QED) is 0.850. The third-order valence-corrected chi connectivity index (χ3v) is 5.24. The summed E-state index contributed by atoms with van der Waals surface area (Å²) < 4.78 is 14.3. The lowest BCUT2D eigenvalue weighted by Crippen LogP contribution is -2.57. The van der Waals surface area contributed by atoms with Crippen molar-refractivity contribution in [3.8, 4) is 0 Å². The van der Waals surface area contributed by atoms with Crippen LogP contribution in [0.25, 0.3) is 0 Å². The van der Waals surface area contributed by atoms with Crippen molar-refractivity contribution in [1.29, 1.82) is 0 Å². The molecule has 2 rings (SSSR count). The van der Waals surface area contributed by atoms with Gasteiger partial charge in [0.1, 0.15) is 5.82 Å². The van der Waals surface area contributed by atoms with Gasteiger partial charge < -0.3 is 5.32 Å². The minimum Gasteiger partial charge on any atom is -0.311 e. The summed E-state index contributed by atoms with van der Waals surface area (Å²) in [5.74, 6) is 0.418. The molecule has 0 aromatic heterocycles. The molecule has 1 aromatic carbocycles. The van der Waals surface area contributed by atoms with Crippen LogP contribution in [0.4, 0.5) is 4.39 Å². The van der Waals surface area contributed by atoms with Crippen LogP contribution in [-0.2, 0) is 6.54 Å². The van der Waals surface area contributed by atoms with Crippen LogP contribution in [0.3, 0.4) is 0 Å². The van der Waals surface area contributed by atoms with Gasteiger partial charge in [0.05, 0.1) is 4.47 Å². The number of halogens is 2. The lowest BCUT2D eigenvalue weighted by Gasteiger charge is -2.42. The maximum absolute atomic E-state index is 13.7. The second-order valence-electron chi connectivity index (χ2n) is 6.35. The van der Waals surface area contributed by atoms with Crippen molar-refractivity contribution in [1.82, 2.24) is 10.2 Å². The zero-order chi connectivity index (χ0) is 15.4. The molecule has 0 spiro atoms. The molecule has 1 saturated heterocycles. The molecule has 4 heteroatoms. The number of benzene rings is 1. The number of hydrogen-bond acceptors (Lipinski definition) is 2. The molecule has 0 radical (unpaired) electrons. The number of hydrogen-bond donors (Lipinski definition) is 1. The van der Waals surface area contributed by atoms with Gasteiger partial charge in [0.15, 0.2) is 0 Å². The van der Waals surface area contributed by atoms with E-state index in [2.05, 4.69) is 46.9 Å². The average molecular weight is 357 g/mol. The van der Waals surface area contributed by atoms with E-state index < -0.39 is 0 Å². The van der Waals surface area contributed by atoms with E-state index in [0.29, 0.717) is 22.5 Å². The predicted octanol–water partition coefficient (Wildman–Crippen LogP) is 4.19. The monoisotopic (exact) mass is 356 g/mol. The van der Waals surface area contributed by atoms with Gasteiger partial charge in [-0.25, -0.2) is 4.39 Å². The molecule has 0 saturated carbocycles. The van der Waals surface area contributed by atoms with Gasteiger partial charge in [-0.05, 0) is 39.9 Å². The molecule has 1 fully saturated rings. The van der Waals surface area contributed by atoms with Crippen molar-refractivity contribution in [2.45, 2.75) is 52.2 Å². The Bertz CT molecular complexity index is 464. The topological polar surface area (TPSA) is 15.3 Å². The van der Waals surface area contributed by atoms with Gasteiger partial charge in [0.25, 0.3) is 0 Å². The van der Waals surface area contributed by atoms with Gasteiger partial charge in [-0.1, -0.05) is 39.3 Å². The van der Waals surface area contributed by atoms with Gasteiger partial charge in [0.2, 0.25) is 0 Å².